The number of rotatable bonds is 8. The number of anilines is 1. The molecule has 0 bridgehead atoms. The molecule has 0 heterocycles. The lowest BCUT2D eigenvalue weighted by Gasteiger charge is -2.18. The Labute approximate surface area is 115 Å². The number of para-hydroxylation sites is 1. The molecule has 0 spiro atoms. The van der Waals surface area contributed by atoms with Crippen LogP contribution in [0, 0.1) is 0 Å². The number of nitrogens with one attached hydrogen (secondary N) is 2. The first-order valence-corrected chi connectivity index (χ1v) is 6.80. The monoisotopic (exact) mass is 264 g/mol. The molecule has 0 aromatic heterocycles. The lowest BCUT2D eigenvalue weighted by atomic mass is 10.1. The van der Waals surface area contributed by atoms with Crippen molar-refractivity contribution in [2.45, 2.75) is 32.7 Å². The van der Waals surface area contributed by atoms with Crippen molar-refractivity contribution in [3.63, 3.8) is 0 Å². The summed E-state index contributed by atoms with van der Waals surface area (Å²) in [7, 11) is 1.60. The van der Waals surface area contributed by atoms with Crippen LogP contribution in [0.1, 0.15) is 38.3 Å². The summed E-state index contributed by atoms with van der Waals surface area (Å²) in [4.78, 5) is 11.7. The molecule has 4 heteroatoms. The van der Waals surface area contributed by atoms with E-state index in [-0.39, 0.29) is 11.9 Å². The Balaban J connectivity index is 2.69. The van der Waals surface area contributed by atoms with E-state index in [0.29, 0.717) is 13.0 Å². The second kappa shape index (κ2) is 8.67. The zero-order chi connectivity index (χ0) is 14.1. The van der Waals surface area contributed by atoms with Crippen molar-refractivity contribution in [2.75, 3.05) is 25.6 Å². The van der Waals surface area contributed by atoms with Crippen molar-refractivity contribution in [3.8, 4) is 0 Å². The third-order valence-corrected chi connectivity index (χ3v) is 2.94. The Bertz CT molecular complexity index is 393. The van der Waals surface area contributed by atoms with Crippen molar-refractivity contribution in [2.24, 2.45) is 0 Å². The van der Waals surface area contributed by atoms with Gasteiger partial charge in [0.1, 0.15) is 0 Å². The van der Waals surface area contributed by atoms with Crippen LogP contribution in [0.2, 0.25) is 0 Å². The van der Waals surface area contributed by atoms with E-state index in [4.69, 9.17) is 4.74 Å². The van der Waals surface area contributed by atoms with E-state index in [2.05, 4.69) is 24.5 Å². The van der Waals surface area contributed by atoms with Gasteiger partial charge in [-0.3, -0.25) is 4.79 Å². The molecule has 4 nitrogen and oxygen atoms in total. The number of methoxy groups -OCH3 is 1. The molecule has 19 heavy (non-hydrogen) atoms. The fraction of sp³-hybridized carbons (Fsp3) is 0.533. The lowest BCUT2D eigenvalue weighted by Crippen LogP contribution is -2.22. The molecule has 0 aliphatic rings. The van der Waals surface area contributed by atoms with Crippen molar-refractivity contribution in [1.82, 2.24) is 5.32 Å². The highest BCUT2D eigenvalue weighted by Gasteiger charge is 2.11. The molecule has 1 aromatic rings. The van der Waals surface area contributed by atoms with Gasteiger partial charge in [-0.05, 0) is 31.5 Å². The summed E-state index contributed by atoms with van der Waals surface area (Å²) in [5.41, 5.74) is 1.99. The minimum Gasteiger partial charge on any atom is -0.384 e. The molecule has 1 rings (SSSR count). The zero-order valence-electron chi connectivity index (χ0n) is 12.0. The fourth-order valence-corrected chi connectivity index (χ4v) is 1.87. The smallest absolute Gasteiger partial charge is 0.226 e. The van der Waals surface area contributed by atoms with Gasteiger partial charge in [-0.2, -0.15) is 0 Å². The Hall–Kier alpha value is -1.39. The Morgan fingerprint density at radius 2 is 2.11 bits per heavy atom. The summed E-state index contributed by atoms with van der Waals surface area (Å²) in [6, 6.07) is 8.12. The SMILES string of the molecule is CCCNC(C)c1ccccc1NC(=O)CCOC. The molecule has 0 saturated carbocycles. The van der Waals surface area contributed by atoms with E-state index < -0.39 is 0 Å². The zero-order valence-corrected chi connectivity index (χ0v) is 12.0. The third-order valence-electron chi connectivity index (χ3n) is 2.94. The molecule has 0 radical (unpaired) electrons. The molecule has 0 aliphatic carbocycles. The van der Waals surface area contributed by atoms with Gasteiger partial charge in [0.2, 0.25) is 5.91 Å². The first-order chi connectivity index (χ1) is 9.19. The van der Waals surface area contributed by atoms with Crippen molar-refractivity contribution in [3.05, 3.63) is 29.8 Å². The van der Waals surface area contributed by atoms with E-state index >= 15 is 0 Å². The summed E-state index contributed by atoms with van der Waals surface area (Å²) in [6.45, 7) is 5.65. The molecule has 1 atom stereocenters. The molecule has 1 amide bonds. The number of amides is 1. The number of carbonyl (C=O) groups is 1. The van der Waals surface area contributed by atoms with Gasteiger partial charge in [0.15, 0.2) is 0 Å². The predicted octanol–water partition coefficient (Wildman–Crippen LogP) is 2.72. The minimum atomic E-state index is -0.0167. The first-order valence-electron chi connectivity index (χ1n) is 6.80. The standard InChI is InChI=1S/C15H24N2O2/c1-4-10-16-12(2)13-7-5-6-8-14(13)17-15(18)9-11-19-3/h5-8,12,16H,4,9-11H2,1-3H3,(H,17,18). The maximum absolute atomic E-state index is 11.7. The molecule has 0 saturated heterocycles. The molecular weight excluding hydrogens is 240 g/mol. The normalized spacial score (nSPS) is 12.2. The molecule has 0 aliphatic heterocycles. The maximum Gasteiger partial charge on any atom is 0.226 e. The van der Waals surface area contributed by atoms with Gasteiger partial charge in [0, 0.05) is 18.8 Å². The van der Waals surface area contributed by atoms with Gasteiger partial charge < -0.3 is 15.4 Å². The quantitative estimate of drug-likeness (QED) is 0.759. The minimum absolute atomic E-state index is 0.0167. The van der Waals surface area contributed by atoms with Crippen molar-refractivity contribution < 1.29 is 9.53 Å². The van der Waals surface area contributed by atoms with Crippen LogP contribution in [-0.2, 0) is 9.53 Å². The Kier molecular flexibility index (Phi) is 7.15. The molecular formula is C15H24N2O2. The van der Waals surface area contributed by atoms with Crippen LogP contribution in [0.3, 0.4) is 0 Å². The highest BCUT2D eigenvalue weighted by molar-refractivity contribution is 5.91. The highest BCUT2D eigenvalue weighted by Crippen LogP contribution is 2.22. The van der Waals surface area contributed by atoms with Crippen LogP contribution in [0.15, 0.2) is 24.3 Å². The molecule has 2 N–H and O–H groups in total. The molecule has 106 valence electrons. The first kappa shape index (κ1) is 15.7. The second-order valence-electron chi connectivity index (χ2n) is 4.55. The van der Waals surface area contributed by atoms with Crippen LogP contribution in [0.4, 0.5) is 5.69 Å². The Morgan fingerprint density at radius 1 is 1.37 bits per heavy atom. The summed E-state index contributed by atoms with van der Waals surface area (Å²) >= 11 is 0. The van der Waals surface area contributed by atoms with Gasteiger partial charge in [-0.15, -0.1) is 0 Å². The van der Waals surface area contributed by atoms with Crippen LogP contribution >= 0.6 is 0 Å². The van der Waals surface area contributed by atoms with Crippen molar-refractivity contribution >= 4 is 11.6 Å². The molecule has 1 aromatic carbocycles. The summed E-state index contributed by atoms with van der Waals surface area (Å²) in [6.07, 6.45) is 1.47. The van der Waals surface area contributed by atoms with E-state index in [1.54, 1.807) is 7.11 Å². The number of hydrogen-bond acceptors (Lipinski definition) is 3. The predicted molar refractivity (Wildman–Crippen MR) is 78.3 cm³/mol. The van der Waals surface area contributed by atoms with Crippen LogP contribution < -0.4 is 10.6 Å². The van der Waals surface area contributed by atoms with E-state index in [9.17, 15) is 4.79 Å². The van der Waals surface area contributed by atoms with Crippen molar-refractivity contribution in [1.29, 1.82) is 0 Å². The largest absolute Gasteiger partial charge is 0.384 e. The maximum atomic E-state index is 11.7. The fourth-order valence-electron chi connectivity index (χ4n) is 1.87. The third kappa shape index (κ3) is 5.41. The van der Waals surface area contributed by atoms with Gasteiger partial charge in [0.25, 0.3) is 0 Å². The van der Waals surface area contributed by atoms with E-state index in [0.717, 1.165) is 24.2 Å². The van der Waals surface area contributed by atoms with E-state index in [1.807, 2.05) is 24.3 Å². The van der Waals surface area contributed by atoms with Crippen LogP contribution in [-0.4, -0.2) is 26.2 Å². The van der Waals surface area contributed by atoms with Gasteiger partial charge in [-0.25, -0.2) is 0 Å². The average molecular weight is 264 g/mol. The number of carbonyl (C=O) groups excluding carboxylic acids is 1. The topological polar surface area (TPSA) is 50.4 Å². The van der Waals surface area contributed by atoms with E-state index in [1.165, 1.54) is 0 Å². The van der Waals surface area contributed by atoms with Gasteiger partial charge >= 0.3 is 0 Å². The summed E-state index contributed by atoms with van der Waals surface area (Å²) in [5.74, 6) is -0.0167. The summed E-state index contributed by atoms with van der Waals surface area (Å²) < 4.78 is 4.91. The average Bonchev–Trinajstić information content (AvgIpc) is 2.43. The van der Waals surface area contributed by atoms with Crippen LogP contribution in [0.25, 0.3) is 0 Å². The second-order valence-corrected chi connectivity index (χ2v) is 4.55. The summed E-state index contributed by atoms with van der Waals surface area (Å²) in [5, 5.41) is 6.37. The lowest BCUT2D eigenvalue weighted by molar-refractivity contribution is -0.117. The van der Waals surface area contributed by atoms with Gasteiger partial charge in [0.05, 0.1) is 13.0 Å². The highest BCUT2D eigenvalue weighted by atomic mass is 16.5. The molecule has 1 unspecified atom stereocenters. The number of benzene rings is 1. The number of hydrogen-bond donors (Lipinski definition) is 2. The number of ether oxygens (including phenoxy) is 1. The van der Waals surface area contributed by atoms with Crippen LogP contribution in [0.5, 0.6) is 0 Å². The Morgan fingerprint density at radius 3 is 2.79 bits per heavy atom. The van der Waals surface area contributed by atoms with Gasteiger partial charge in [-0.1, -0.05) is 25.1 Å². The molecule has 0 fully saturated rings.